The van der Waals surface area contributed by atoms with E-state index in [4.69, 9.17) is 10.5 Å². The molecule has 0 spiro atoms. The molecule has 2 aliphatic heterocycles. The average molecular weight is 268 g/mol. The summed E-state index contributed by atoms with van der Waals surface area (Å²) in [6.45, 7) is 1.31. The van der Waals surface area contributed by atoms with Crippen molar-refractivity contribution in [3.8, 4) is 5.75 Å². The van der Waals surface area contributed by atoms with Crippen LogP contribution in [0.2, 0.25) is 0 Å². The summed E-state index contributed by atoms with van der Waals surface area (Å²) in [5, 5.41) is 0. The number of hydrogen-bond donors (Lipinski definition) is 1. The highest BCUT2D eigenvalue weighted by Crippen LogP contribution is 2.34. The number of rotatable bonds is 1. The topological polar surface area (TPSA) is 38.5 Å². The highest BCUT2D eigenvalue weighted by molar-refractivity contribution is 5.55. The molecule has 2 aliphatic rings. The van der Waals surface area contributed by atoms with Gasteiger partial charge in [0.15, 0.2) is 0 Å². The molecule has 0 amide bonds. The van der Waals surface area contributed by atoms with Gasteiger partial charge in [-0.25, -0.2) is 8.78 Å². The Balaban J connectivity index is 1.76. The molecule has 0 unspecified atom stereocenters. The van der Waals surface area contributed by atoms with Gasteiger partial charge in [-0.05, 0) is 18.1 Å². The predicted molar refractivity (Wildman–Crippen MR) is 70.0 cm³/mol. The largest absolute Gasteiger partial charge is 0.492 e. The summed E-state index contributed by atoms with van der Waals surface area (Å²) in [5.41, 5.74) is 7.91. The summed E-state index contributed by atoms with van der Waals surface area (Å²) in [4.78, 5) is 2.00. The van der Waals surface area contributed by atoms with Crippen LogP contribution in [0.1, 0.15) is 18.4 Å². The van der Waals surface area contributed by atoms with Crippen molar-refractivity contribution < 1.29 is 13.5 Å². The molecule has 2 heterocycles. The van der Waals surface area contributed by atoms with Gasteiger partial charge in [0.2, 0.25) is 0 Å². The maximum atomic E-state index is 13.1. The number of alkyl halides is 2. The first kappa shape index (κ1) is 12.7. The third kappa shape index (κ3) is 2.66. The second-order valence-corrected chi connectivity index (χ2v) is 5.41. The zero-order chi connectivity index (χ0) is 13.5. The maximum absolute atomic E-state index is 13.1. The summed E-state index contributed by atoms with van der Waals surface area (Å²) in [6.07, 6.45) is 0.666. The Morgan fingerprint density at radius 3 is 2.74 bits per heavy atom. The fraction of sp³-hybridized carbons (Fsp3) is 0.571. The molecule has 0 aliphatic carbocycles. The molecule has 2 N–H and O–H groups in total. The summed E-state index contributed by atoms with van der Waals surface area (Å²) >= 11 is 0. The smallest absolute Gasteiger partial charge is 0.251 e. The van der Waals surface area contributed by atoms with Gasteiger partial charge in [-0.15, -0.1) is 0 Å². The van der Waals surface area contributed by atoms with Crippen LogP contribution < -0.4 is 15.4 Å². The van der Waals surface area contributed by atoms with Crippen molar-refractivity contribution in [2.45, 2.75) is 31.2 Å². The van der Waals surface area contributed by atoms with Crippen molar-refractivity contribution in [2.24, 2.45) is 5.73 Å². The molecule has 1 aromatic carbocycles. The lowest BCUT2D eigenvalue weighted by molar-refractivity contribution is -0.0220. The minimum absolute atomic E-state index is 0.0482. The van der Waals surface area contributed by atoms with Crippen LogP contribution in [0.3, 0.4) is 0 Å². The summed E-state index contributed by atoms with van der Waals surface area (Å²) in [7, 11) is 0. The molecule has 0 saturated carbocycles. The first-order valence-electron chi connectivity index (χ1n) is 6.68. The Kier molecular flexibility index (Phi) is 3.09. The Hall–Kier alpha value is -1.36. The highest BCUT2D eigenvalue weighted by atomic mass is 19.3. The Labute approximate surface area is 111 Å². The van der Waals surface area contributed by atoms with Crippen LogP contribution in [-0.4, -0.2) is 31.7 Å². The zero-order valence-corrected chi connectivity index (χ0v) is 10.7. The number of ether oxygens (including phenoxy) is 1. The number of nitrogens with zero attached hydrogens (tertiary/aromatic N) is 1. The fourth-order valence-electron chi connectivity index (χ4n) is 2.67. The second kappa shape index (κ2) is 4.63. The van der Waals surface area contributed by atoms with Gasteiger partial charge in [-0.3, -0.25) is 0 Å². The van der Waals surface area contributed by atoms with Crippen molar-refractivity contribution in [3.05, 3.63) is 23.8 Å². The van der Waals surface area contributed by atoms with Gasteiger partial charge in [0.25, 0.3) is 5.92 Å². The first-order valence-corrected chi connectivity index (χ1v) is 6.68. The quantitative estimate of drug-likeness (QED) is 0.848. The number of halogens is 2. The molecule has 1 fully saturated rings. The lowest BCUT2D eigenvalue weighted by Crippen LogP contribution is -2.39. The number of piperidine rings is 1. The third-order valence-electron chi connectivity index (χ3n) is 3.85. The molecule has 3 nitrogen and oxygen atoms in total. The SMILES string of the molecule is N[C@H]1COc2cc(N3CCC(F)(F)CC3)ccc2C1. The van der Waals surface area contributed by atoms with Gasteiger partial charge in [0.1, 0.15) is 12.4 Å². The van der Waals surface area contributed by atoms with E-state index in [1.807, 2.05) is 23.1 Å². The lowest BCUT2D eigenvalue weighted by atomic mass is 10.0. The molecule has 1 atom stereocenters. The molecule has 3 rings (SSSR count). The standard InChI is InChI=1S/C14H18F2N2O/c15-14(16)3-5-18(6-4-14)12-2-1-10-7-11(17)9-19-13(10)8-12/h1-2,8,11H,3-7,9,17H2/t11-/m1/s1. The molecular formula is C14H18F2N2O. The predicted octanol–water partition coefficient (Wildman–Crippen LogP) is 2.18. The highest BCUT2D eigenvalue weighted by Gasteiger charge is 2.34. The first-order chi connectivity index (χ1) is 9.03. The molecule has 1 aromatic rings. The van der Waals surface area contributed by atoms with E-state index in [1.54, 1.807) is 0 Å². The molecule has 19 heavy (non-hydrogen) atoms. The molecule has 0 bridgehead atoms. The van der Waals surface area contributed by atoms with E-state index in [0.717, 1.165) is 23.4 Å². The maximum Gasteiger partial charge on any atom is 0.251 e. The van der Waals surface area contributed by atoms with E-state index in [9.17, 15) is 8.78 Å². The lowest BCUT2D eigenvalue weighted by Gasteiger charge is -2.34. The average Bonchev–Trinajstić information content (AvgIpc) is 2.38. The molecule has 1 saturated heterocycles. The van der Waals surface area contributed by atoms with E-state index < -0.39 is 5.92 Å². The third-order valence-corrected chi connectivity index (χ3v) is 3.85. The molecule has 5 heteroatoms. The van der Waals surface area contributed by atoms with Gasteiger partial charge >= 0.3 is 0 Å². The summed E-state index contributed by atoms with van der Waals surface area (Å²) < 4.78 is 31.9. The van der Waals surface area contributed by atoms with Gasteiger partial charge < -0.3 is 15.4 Å². The van der Waals surface area contributed by atoms with Crippen LogP contribution in [0.5, 0.6) is 5.75 Å². The van der Waals surface area contributed by atoms with Crippen molar-refractivity contribution >= 4 is 5.69 Å². The molecule has 0 aromatic heterocycles. The fourth-order valence-corrected chi connectivity index (χ4v) is 2.67. The molecular weight excluding hydrogens is 250 g/mol. The normalized spacial score (nSPS) is 25.6. The van der Waals surface area contributed by atoms with E-state index in [0.29, 0.717) is 19.7 Å². The monoisotopic (exact) mass is 268 g/mol. The van der Waals surface area contributed by atoms with Crippen LogP contribution in [0.15, 0.2) is 18.2 Å². The van der Waals surface area contributed by atoms with Crippen molar-refractivity contribution in [1.82, 2.24) is 0 Å². The van der Waals surface area contributed by atoms with Gasteiger partial charge in [-0.2, -0.15) is 0 Å². The van der Waals surface area contributed by atoms with Crippen molar-refractivity contribution in [2.75, 3.05) is 24.6 Å². The van der Waals surface area contributed by atoms with Crippen LogP contribution in [0, 0.1) is 0 Å². The summed E-state index contributed by atoms with van der Waals surface area (Å²) in [6, 6.07) is 5.97. The Bertz CT molecular complexity index is 469. The second-order valence-electron chi connectivity index (χ2n) is 5.41. The Morgan fingerprint density at radius 2 is 2.00 bits per heavy atom. The van der Waals surface area contributed by atoms with Gasteiger partial charge in [-0.1, -0.05) is 6.07 Å². The number of nitrogens with two attached hydrogens (primary N) is 1. The van der Waals surface area contributed by atoms with E-state index in [2.05, 4.69) is 0 Å². The number of hydrogen-bond acceptors (Lipinski definition) is 3. The molecule has 104 valence electrons. The Morgan fingerprint density at radius 1 is 1.26 bits per heavy atom. The zero-order valence-electron chi connectivity index (χ0n) is 10.7. The van der Waals surface area contributed by atoms with E-state index in [1.165, 1.54) is 0 Å². The molecule has 0 radical (unpaired) electrons. The minimum atomic E-state index is -2.51. The van der Waals surface area contributed by atoms with Crippen LogP contribution in [-0.2, 0) is 6.42 Å². The van der Waals surface area contributed by atoms with Crippen LogP contribution in [0.4, 0.5) is 14.5 Å². The van der Waals surface area contributed by atoms with Crippen molar-refractivity contribution in [3.63, 3.8) is 0 Å². The van der Waals surface area contributed by atoms with E-state index in [-0.39, 0.29) is 18.9 Å². The van der Waals surface area contributed by atoms with Gasteiger partial charge in [0, 0.05) is 43.7 Å². The van der Waals surface area contributed by atoms with Crippen LogP contribution in [0.25, 0.3) is 0 Å². The summed E-state index contributed by atoms with van der Waals surface area (Å²) in [5.74, 6) is -1.66. The van der Waals surface area contributed by atoms with Crippen LogP contribution >= 0.6 is 0 Å². The number of anilines is 1. The van der Waals surface area contributed by atoms with Crippen molar-refractivity contribution in [1.29, 1.82) is 0 Å². The van der Waals surface area contributed by atoms with E-state index >= 15 is 0 Å². The number of fused-ring (bicyclic) bond motifs is 1. The van der Waals surface area contributed by atoms with Gasteiger partial charge in [0.05, 0.1) is 0 Å². The number of benzene rings is 1. The minimum Gasteiger partial charge on any atom is -0.492 e.